The number of piperidine rings is 1. The topological polar surface area (TPSA) is 53.4 Å². The van der Waals surface area contributed by atoms with Crippen LogP contribution in [-0.2, 0) is 0 Å². The van der Waals surface area contributed by atoms with Gasteiger partial charge in [0, 0.05) is 26.1 Å². The highest BCUT2D eigenvalue weighted by Gasteiger charge is 2.20. The minimum Gasteiger partial charge on any atom is -0.396 e. The Hall–Kier alpha value is -1.33. The van der Waals surface area contributed by atoms with Gasteiger partial charge in [-0.2, -0.15) is 0 Å². The molecule has 5 heteroatoms. The molecule has 0 radical (unpaired) electrons. The zero-order valence-electron chi connectivity index (χ0n) is 11.6. The number of aliphatic hydroxyl groups is 1. The number of aliphatic hydroxyl groups excluding tert-OH is 1. The maximum atomic E-state index is 12.7. The molecule has 1 saturated heterocycles. The molecule has 0 bridgehead atoms. The Balaban J connectivity index is 1.79. The van der Waals surface area contributed by atoms with E-state index in [-0.39, 0.29) is 12.4 Å². The zero-order chi connectivity index (χ0) is 14.4. The largest absolute Gasteiger partial charge is 0.396 e. The minimum atomic E-state index is -0.426. The van der Waals surface area contributed by atoms with Gasteiger partial charge in [-0.15, -0.1) is 0 Å². The van der Waals surface area contributed by atoms with Gasteiger partial charge in [-0.3, -0.25) is 9.78 Å². The molecule has 20 heavy (non-hydrogen) atoms. The van der Waals surface area contributed by atoms with Gasteiger partial charge in [0.25, 0.3) is 0 Å². The molecular formula is C15H21FN2O2. The number of likely N-dealkylation sites (tertiary alicyclic amines) is 1. The van der Waals surface area contributed by atoms with E-state index in [1.165, 1.54) is 12.1 Å². The van der Waals surface area contributed by atoms with Crippen molar-refractivity contribution in [2.24, 2.45) is 5.92 Å². The molecule has 0 spiro atoms. The molecule has 1 atom stereocenters. The van der Waals surface area contributed by atoms with Crippen molar-refractivity contribution >= 4 is 5.78 Å². The maximum absolute atomic E-state index is 12.7. The standard InChI is InChI=1S/C15H21FN2O2/c16-13-3-4-14(17-10-13)15(20)5-8-18-7-1-2-12(11-18)6-9-19/h3-4,10,12,19H,1-2,5-9,11H2. The van der Waals surface area contributed by atoms with Gasteiger partial charge in [-0.25, -0.2) is 4.39 Å². The molecule has 1 aromatic rings. The van der Waals surface area contributed by atoms with Gasteiger partial charge in [0.2, 0.25) is 0 Å². The van der Waals surface area contributed by atoms with Crippen molar-refractivity contribution in [2.75, 3.05) is 26.2 Å². The minimum absolute atomic E-state index is 0.0470. The van der Waals surface area contributed by atoms with E-state index in [0.29, 0.717) is 24.6 Å². The molecule has 1 aliphatic rings. The fourth-order valence-electron chi connectivity index (χ4n) is 2.70. The molecule has 0 saturated carbocycles. The number of nitrogens with zero attached hydrogens (tertiary/aromatic N) is 2. The Bertz CT molecular complexity index is 434. The van der Waals surface area contributed by atoms with Crippen LogP contribution < -0.4 is 0 Å². The number of Topliss-reactive ketones (excluding diaryl/α,β-unsaturated/α-hetero) is 1. The normalized spacial score (nSPS) is 20.0. The molecule has 1 aliphatic heterocycles. The van der Waals surface area contributed by atoms with Crippen LogP contribution in [0.2, 0.25) is 0 Å². The van der Waals surface area contributed by atoms with Crippen LogP contribution in [0.15, 0.2) is 18.3 Å². The smallest absolute Gasteiger partial charge is 0.182 e. The van der Waals surface area contributed by atoms with E-state index in [1.54, 1.807) is 0 Å². The molecule has 1 unspecified atom stereocenters. The Kier molecular flexibility index (Phi) is 5.61. The summed E-state index contributed by atoms with van der Waals surface area (Å²) in [5, 5.41) is 8.98. The summed E-state index contributed by atoms with van der Waals surface area (Å²) in [5.74, 6) is 0.0616. The third kappa shape index (κ3) is 4.35. The van der Waals surface area contributed by atoms with Crippen LogP contribution in [0.3, 0.4) is 0 Å². The third-order valence-electron chi connectivity index (χ3n) is 3.81. The summed E-state index contributed by atoms with van der Waals surface area (Å²) in [6.07, 6.45) is 4.60. The zero-order valence-corrected chi connectivity index (χ0v) is 11.6. The number of carbonyl (C=O) groups excluding carboxylic acids is 1. The van der Waals surface area contributed by atoms with Crippen molar-refractivity contribution in [1.82, 2.24) is 9.88 Å². The van der Waals surface area contributed by atoms with Gasteiger partial charge in [-0.1, -0.05) is 0 Å². The maximum Gasteiger partial charge on any atom is 0.182 e. The second-order valence-electron chi connectivity index (χ2n) is 5.36. The molecule has 0 aromatic carbocycles. The third-order valence-corrected chi connectivity index (χ3v) is 3.81. The van der Waals surface area contributed by atoms with Crippen molar-refractivity contribution < 1.29 is 14.3 Å². The van der Waals surface area contributed by atoms with Gasteiger partial charge in [0.15, 0.2) is 5.78 Å². The lowest BCUT2D eigenvalue weighted by Crippen LogP contribution is -2.37. The molecule has 0 amide bonds. The van der Waals surface area contributed by atoms with Gasteiger partial charge in [0.05, 0.1) is 6.20 Å². The quantitative estimate of drug-likeness (QED) is 0.809. The fourth-order valence-corrected chi connectivity index (χ4v) is 2.70. The molecule has 1 aromatic heterocycles. The average Bonchev–Trinajstić information content (AvgIpc) is 2.46. The first-order valence-electron chi connectivity index (χ1n) is 7.17. The lowest BCUT2D eigenvalue weighted by molar-refractivity contribution is 0.0933. The SMILES string of the molecule is O=C(CCN1CCCC(CCO)C1)c1ccc(F)cn1. The molecule has 0 aliphatic carbocycles. The Morgan fingerprint density at radius 2 is 2.35 bits per heavy atom. The molecule has 2 rings (SSSR count). The van der Waals surface area contributed by atoms with E-state index in [1.807, 2.05) is 0 Å². The van der Waals surface area contributed by atoms with E-state index in [9.17, 15) is 9.18 Å². The van der Waals surface area contributed by atoms with E-state index in [2.05, 4.69) is 9.88 Å². The summed E-state index contributed by atoms with van der Waals surface area (Å²) in [4.78, 5) is 18.0. The molecule has 1 N–H and O–H groups in total. The second-order valence-corrected chi connectivity index (χ2v) is 5.36. The van der Waals surface area contributed by atoms with Crippen LogP contribution in [0.4, 0.5) is 4.39 Å². The van der Waals surface area contributed by atoms with Crippen LogP contribution in [0.5, 0.6) is 0 Å². The number of rotatable bonds is 6. The summed E-state index contributed by atoms with van der Waals surface area (Å²) in [7, 11) is 0. The number of carbonyl (C=O) groups is 1. The van der Waals surface area contributed by atoms with Crippen LogP contribution >= 0.6 is 0 Å². The number of aromatic nitrogens is 1. The predicted molar refractivity (Wildman–Crippen MR) is 74.0 cm³/mol. The van der Waals surface area contributed by atoms with E-state index >= 15 is 0 Å². The van der Waals surface area contributed by atoms with Crippen molar-refractivity contribution in [3.05, 3.63) is 29.8 Å². The monoisotopic (exact) mass is 280 g/mol. The van der Waals surface area contributed by atoms with Gasteiger partial charge in [0.1, 0.15) is 11.5 Å². The number of hydrogen-bond donors (Lipinski definition) is 1. The molecular weight excluding hydrogens is 259 g/mol. The second kappa shape index (κ2) is 7.45. The van der Waals surface area contributed by atoms with Gasteiger partial charge < -0.3 is 10.0 Å². The first kappa shape index (κ1) is 15.1. The summed E-state index contributed by atoms with van der Waals surface area (Å²) in [6.45, 7) is 2.90. The van der Waals surface area contributed by atoms with E-state index in [0.717, 1.165) is 38.5 Å². The Morgan fingerprint density at radius 1 is 1.50 bits per heavy atom. The molecule has 2 heterocycles. The molecule has 4 nitrogen and oxygen atoms in total. The predicted octanol–water partition coefficient (Wildman–Crippen LogP) is 1.89. The summed E-state index contributed by atoms with van der Waals surface area (Å²) >= 11 is 0. The fraction of sp³-hybridized carbons (Fsp3) is 0.600. The molecule has 1 fully saturated rings. The number of hydrogen-bond acceptors (Lipinski definition) is 4. The average molecular weight is 280 g/mol. The summed E-state index contributed by atoms with van der Waals surface area (Å²) < 4.78 is 12.7. The van der Waals surface area contributed by atoms with E-state index < -0.39 is 5.82 Å². The van der Waals surface area contributed by atoms with E-state index in [4.69, 9.17) is 5.11 Å². The van der Waals surface area contributed by atoms with Crippen molar-refractivity contribution in [3.63, 3.8) is 0 Å². The van der Waals surface area contributed by atoms with Gasteiger partial charge >= 0.3 is 0 Å². The number of ketones is 1. The Morgan fingerprint density at radius 3 is 3.05 bits per heavy atom. The lowest BCUT2D eigenvalue weighted by atomic mass is 9.95. The Labute approximate surface area is 118 Å². The first-order chi connectivity index (χ1) is 9.69. The summed E-state index contributed by atoms with van der Waals surface area (Å²) in [6, 6.07) is 2.70. The summed E-state index contributed by atoms with van der Waals surface area (Å²) in [5.41, 5.74) is 0.329. The van der Waals surface area contributed by atoms with Crippen molar-refractivity contribution in [1.29, 1.82) is 0 Å². The van der Waals surface area contributed by atoms with Crippen molar-refractivity contribution in [2.45, 2.75) is 25.7 Å². The van der Waals surface area contributed by atoms with Crippen molar-refractivity contribution in [3.8, 4) is 0 Å². The van der Waals surface area contributed by atoms with Crippen LogP contribution in [0.1, 0.15) is 36.2 Å². The highest BCUT2D eigenvalue weighted by molar-refractivity contribution is 5.94. The van der Waals surface area contributed by atoms with Crippen LogP contribution in [-0.4, -0.2) is 47.0 Å². The van der Waals surface area contributed by atoms with Crippen LogP contribution in [0, 0.1) is 11.7 Å². The first-order valence-corrected chi connectivity index (χ1v) is 7.17. The van der Waals surface area contributed by atoms with Crippen LogP contribution in [0.25, 0.3) is 0 Å². The number of pyridine rings is 1. The highest BCUT2D eigenvalue weighted by Crippen LogP contribution is 2.19. The lowest BCUT2D eigenvalue weighted by Gasteiger charge is -2.32. The number of halogens is 1. The van der Waals surface area contributed by atoms with Gasteiger partial charge in [-0.05, 0) is 43.9 Å². The molecule has 110 valence electrons. The highest BCUT2D eigenvalue weighted by atomic mass is 19.1.